The van der Waals surface area contributed by atoms with Crippen molar-refractivity contribution >= 4 is 12.0 Å². The molecule has 1 unspecified atom stereocenters. The number of ketones is 1. The van der Waals surface area contributed by atoms with Crippen LogP contribution in [0.2, 0.25) is 0 Å². The summed E-state index contributed by atoms with van der Waals surface area (Å²) in [7, 11) is 0. The van der Waals surface area contributed by atoms with E-state index in [1.165, 1.54) is 6.08 Å². The molecule has 2 N–H and O–H groups in total. The lowest BCUT2D eigenvalue weighted by atomic mass is 10.0. The molecule has 21 heavy (non-hydrogen) atoms. The van der Waals surface area contributed by atoms with Crippen LogP contribution < -0.4 is 5.73 Å². The molecule has 0 aliphatic rings. The fourth-order valence-corrected chi connectivity index (χ4v) is 1.34. The first kappa shape index (κ1) is 19.0. The molecule has 0 fully saturated rings. The van der Waals surface area contributed by atoms with Gasteiger partial charge in [-0.15, -0.1) is 0 Å². The van der Waals surface area contributed by atoms with Gasteiger partial charge in [-0.1, -0.05) is 51.8 Å². The van der Waals surface area contributed by atoms with Crippen LogP contribution in [0.3, 0.4) is 0 Å². The Morgan fingerprint density at radius 1 is 1.24 bits per heavy atom. The number of nitrogens with zero attached hydrogens (tertiary/aromatic N) is 1. The van der Waals surface area contributed by atoms with Crippen LogP contribution in [-0.4, -0.2) is 18.0 Å². The third-order valence-corrected chi connectivity index (χ3v) is 2.95. The van der Waals surface area contributed by atoms with E-state index >= 15 is 0 Å². The summed E-state index contributed by atoms with van der Waals surface area (Å²) in [6.45, 7) is 17.1. The van der Waals surface area contributed by atoms with Gasteiger partial charge in [-0.2, -0.15) is 0 Å². The second kappa shape index (κ2) is 9.83. The minimum Gasteiger partial charge on any atom is -0.321 e. The van der Waals surface area contributed by atoms with E-state index in [1.807, 2.05) is 32.9 Å². The SMILES string of the molecule is C=CC(=O)C(N)C/C(C=C)=C/C=C(\C)C=NC(=C)C(C)C. The zero-order valence-corrected chi connectivity index (χ0v) is 13.3. The van der Waals surface area contributed by atoms with Gasteiger partial charge in [-0.25, -0.2) is 0 Å². The van der Waals surface area contributed by atoms with E-state index in [9.17, 15) is 4.79 Å². The first-order valence-electron chi connectivity index (χ1n) is 6.96. The summed E-state index contributed by atoms with van der Waals surface area (Å²) >= 11 is 0. The Labute approximate surface area is 128 Å². The van der Waals surface area contributed by atoms with E-state index in [0.717, 1.165) is 16.8 Å². The van der Waals surface area contributed by atoms with Crippen molar-refractivity contribution < 1.29 is 4.79 Å². The Morgan fingerprint density at radius 2 is 1.86 bits per heavy atom. The number of allylic oxidation sites excluding steroid dienone is 5. The highest BCUT2D eigenvalue weighted by atomic mass is 16.1. The predicted molar refractivity (Wildman–Crippen MR) is 92.3 cm³/mol. The van der Waals surface area contributed by atoms with Crippen molar-refractivity contribution in [3.05, 3.63) is 60.9 Å². The van der Waals surface area contributed by atoms with Crippen LogP contribution >= 0.6 is 0 Å². The maximum absolute atomic E-state index is 11.4. The molecule has 0 aromatic heterocycles. The van der Waals surface area contributed by atoms with Gasteiger partial charge in [0.2, 0.25) is 0 Å². The van der Waals surface area contributed by atoms with Gasteiger partial charge in [0.05, 0.1) is 6.04 Å². The number of hydrogen-bond donors (Lipinski definition) is 1. The first-order valence-corrected chi connectivity index (χ1v) is 6.96. The molecular formula is C18H26N2O. The van der Waals surface area contributed by atoms with E-state index in [0.29, 0.717) is 12.3 Å². The highest BCUT2D eigenvalue weighted by Crippen LogP contribution is 2.09. The third kappa shape index (κ3) is 8.00. The largest absolute Gasteiger partial charge is 0.321 e. The molecule has 3 heteroatoms. The molecule has 1 atom stereocenters. The average molecular weight is 286 g/mol. The summed E-state index contributed by atoms with van der Waals surface area (Å²) in [6.07, 6.45) is 8.96. The second-order valence-corrected chi connectivity index (χ2v) is 5.18. The Hall–Kier alpha value is -2.00. The number of aliphatic imine (C=N–C) groups is 1. The first-order chi connectivity index (χ1) is 9.81. The number of hydrogen-bond acceptors (Lipinski definition) is 3. The summed E-state index contributed by atoms with van der Waals surface area (Å²) in [5.41, 5.74) is 8.50. The maximum Gasteiger partial charge on any atom is 0.172 e. The van der Waals surface area contributed by atoms with Gasteiger partial charge in [0.15, 0.2) is 5.78 Å². The van der Waals surface area contributed by atoms with Crippen molar-refractivity contribution in [1.29, 1.82) is 0 Å². The number of carbonyl (C=O) groups is 1. The third-order valence-electron chi connectivity index (χ3n) is 2.95. The Balaban J connectivity index is 4.82. The van der Waals surface area contributed by atoms with E-state index in [1.54, 1.807) is 12.3 Å². The van der Waals surface area contributed by atoms with Crippen LogP contribution in [0.4, 0.5) is 0 Å². The van der Waals surface area contributed by atoms with Crippen LogP contribution in [0, 0.1) is 5.92 Å². The van der Waals surface area contributed by atoms with Gasteiger partial charge in [0.1, 0.15) is 0 Å². The fraction of sp³-hybridized carbons (Fsp3) is 0.333. The topological polar surface area (TPSA) is 55.5 Å². The van der Waals surface area contributed by atoms with Crippen LogP contribution in [0.1, 0.15) is 27.2 Å². The van der Waals surface area contributed by atoms with Gasteiger partial charge >= 0.3 is 0 Å². The molecule has 0 saturated heterocycles. The highest BCUT2D eigenvalue weighted by Gasteiger charge is 2.10. The molecule has 0 aliphatic carbocycles. The highest BCUT2D eigenvalue weighted by molar-refractivity contribution is 5.93. The molecular weight excluding hydrogens is 260 g/mol. The maximum atomic E-state index is 11.4. The summed E-state index contributed by atoms with van der Waals surface area (Å²) in [5.74, 6) is 0.162. The monoisotopic (exact) mass is 286 g/mol. The van der Waals surface area contributed by atoms with Crippen molar-refractivity contribution in [2.75, 3.05) is 0 Å². The lowest BCUT2D eigenvalue weighted by molar-refractivity contribution is -0.115. The Kier molecular flexibility index (Phi) is 8.90. The lowest BCUT2D eigenvalue weighted by Gasteiger charge is -2.08. The zero-order valence-electron chi connectivity index (χ0n) is 13.3. The second-order valence-electron chi connectivity index (χ2n) is 5.18. The van der Waals surface area contributed by atoms with Crippen molar-refractivity contribution in [2.45, 2.75) is 33.2 Å². The van der Waals surface area contributed by atoms with E-state index < -0.39 is 6.04 Å². The van der Waals surface area contributed by atoms with E-state index in [-0.39, 0.29) is 5.78 Å². The molecule has 0 spiro atoms. The van der Waals surface area contributed by atoms with Crippen LogP contribution in [0.5, 0.6) is 0 Å². The normalized spacial score (nSPS) is 14.3. The van der Waals surface area contributed by atoms with E-state index in [2.05, 4.69) is 24.7 Å². The van der Waals surface area contributed by atoms with Gasteiger partial charge < -0.3 is 5.73 Å². The van der Waals surface area contributed by atoms with Crippen LogP contribution in [0.15, 0.2) is 65.9 Å². The smallest absolute Gasteiger partial charge is 0.172 e. The van der Waals surface area contributed by atoms with Gasteiger partial charge in [0, 0.05) is 11.9 Å². The molecule has 0 aromatic carbocycles. The van der Waals surface area contributed by atoms with Crippen molar-refractivity contribution in [2.24, 2.45) is 16.6 Å². The van der Waals surface area contributed by atoms with Gasteiger partial charge in [-0.05, 0) is 36.5 Å². The van der Waals surface area contributed by atoms with Gasteiger partial charge in [0.25, 0.3) is 0 Å². The molecule has 0 saturated carbocycles. The standard InChI is InChI=1S/C18H26N2O/c1-7-16(11-17(19)18(21)8-2)10-9-14(5)12-20-15(6)13(3)4/h7-10,12-13,17H,1-2,6,11,19H2,3-5H3/b14-9+,16-10+,20-12?. The molecule has 0 aromatic rings. The van der Waals surface area contributed by atoms with Crippen LogP contribution in [0.25, 0.3) is 0 Å². The predicted octanol–water partition coefficient (Wildman–Crippen LogP) is 3.76. The number of carbonyl (C=O) groups excluding carboxylic acids is 1. The minimum absolute atomic E-state index is 0.168. The van der Waals surface area contributed by atoms with Crippen molar-refractivity contribution in [3.63, 3.8) is 0 Å². The average Bonchev–Trinajstić information content (AvgIpc) is 2.47. The lowest BCUT2D eigenvalue weighted by Crippen LogP contribution is -2.29. The molecule has 0 aliphatic heterocycles. The molecule has 114 valence electrons. The minimum atomic E-state index is -0.574. The number of nitrogens with two attached hydrogens (primary N) is 1. The zero-order chi connectivity index (χ0) is 16.4. The Morgan fingerprint density at radius 3 is 2.33 bits per heavy atom. The van der Waals surface area contributed by atoms with Crippen molar-refractivity contribution in [1.82, 2.24) is 0 Å². The molecule has 3 nitrogen and oxygen atoms in total. The number of rotatable bonds is 9. The summed E-state index contributed by atoms with van der Waals surface area (Å²) in [6, 6.07) is -0.574. The summed E-state index contributed by atoms with van der Waals surface area (Å²) in [5, 5.41) is 0. The molecule has 0 rings (SSSR count). The summed E-state index contributed by atoms with van der Waals surface area (Å²) < 4.78 is 0. The quantitative estimate of drug-likeness (QED) is 0.398. The molecule has 0 amide bonds. The summed E-state index contributed by atoms with van der Waals surface area (Å²) in [4.78, 5) is 15.7. The molecule has 0 bridgehead atoms. The van der Waals surface area contributed by atoms with Crippen LogP contribution in [-0.2, 0) is 4.79 Å². The molecule has 0 radical (unpaired) electrons. The fourth-order valence-electron chi connectivity index (χ4n) is 1.34. The van der Waals surface area contributed by atoms with Crippen molar-refractivity contribution in [3.8, 4) is 0 Å². The van der Waals surface area contributed by atoms with E-state index in [4.69, 9.17) is 5.73 Å². The van der Waals surface area contributed by atoms with Gasteiger partial charge in [-0.3, -0.25) is 9.79 Å². The molecule has 0 heterocycles. The Bertz CT molecular complexity index is 493.